The summed E-state index contributed by atoms with van der Waals surface area (Å²) in [7, 11) is 0. The number of Topliss-reactive ketones (excluding diaryl/α,β-unsaturated/α-hetero) is 1. The Morgan fingerprint density at radius 1 is 1.35 bits per heavy atom. The smallest absolute Gasteiger partial charge is 0.209 e. The van der Waals surface area contributed by atoms with Gasteiger partial charge in [-0.25, -0.2) is 0 Å². The van der Waals surface area contributed by atoms with Crippen LogP contribution in [0.1, 0.15) is 22.8 Å². The number of furan rings is 1. The molecule has 0 aliphatic carbocycles. The summed E-state index contributed by atoms with van der Waals surface area (Å²) in [6.07, 6.45) is 0. The fourth-order valence-electron chi connectivity index (χ4n) is 1.69. The Bertz CT molecular complexity index is 606. The molecule has 0 aliphatic rings. The number of nitriles is 1. The van der Waals surface area contributed by atoms with Crippen molar-refractivity contribution >= 4 is 11.7 Å². The predicted molar refractivity (Wildman–Crippen MR) is 63.3 cm³/mol. The molecule has 1 aromatic heterocycles. The van der Waals surface area contributed by atoms with E-state index < -0.39 is 0 Å². The van der Waals surface area contributed by atoms with Crippen LogP contribution in [-0.2, 0) is 0 Å². The lowest BCUT2D eigenvalue weighted by molar-refractivity contribution is 0.101. The number of hydrogen-bond acceptors (Lipinski definition) is 4. The molecule has 2 aromatic rings. The summed E-state index contributed by atoms with van der Waals surface area (Å²) >= 11 is 0. The van der Waals surface area contributed by atoms with Crippen molar-refractivity contribution < 1.29 is 9.21 Å². The van der Waals surface area contributed by atoms with Gasteiger partial charge in [0.2, 0.25) is 5.88 Å². The lowest BCUT2D eigenvalue weighted by Crippen LogP contribution is -1.96. The summed E-state index contributed by atoms with van der Waals surface area (Å²) in [5.41, 5.74) is 6.67. The van der Waals surface area contributed by atoms with Crippen LogP contribution in [0.4, 0.5) is 5.88 Å². The standard InChI is InChI=1S/C13H10N2O2/c1-8(16)11-10(7-14)13(15)17-12(11)9-5-3-2-4-6-9/h2-6H,15H2,1H3. The molecular weight excluding hydrogens is 216 g/mol. The van der Waals surface area contributed by atoms with E-state index in [1.165, 1.54) is 6.92 Å². The van der Waals surface area contributed by atoms with E-state index in [1.807, 2.05) is 24.3 Å². The van der Waals surface area contributed by atoms with Gasteiger partial charge < -0.3 is 10.2 Å². The predicted octanol–water partition coefficient (Wildman–Crippen LogP) is 2.60. The normalized spacial score (nSPS) is 9.88. The molecule has 0 bridgehead atoms. The van der Waals surface area contributed by atoms with E-state index in [-0.39, 0.29) is 22.8 Å². The van der Waals surface area contributed by atoms with E-state index >= 15 is 0 Å². The average molecular weight is 226 g/mol. The molecule has 0 atom stereocenters. The Labute approximate surface area is 98.3 Å². The summed E-state index contributed by atoms with van der Waals surface area (Å²) < 4.78 is 5.32. The van der Waals surface area contributed by atoms with E-state index in [9.17, 15) is 4.79 Å². The first-order valence-corrected chi connectivity index (χ1v) is 5.04. The topological polar surface area (TPSA) is 80.0 Å². The van der Waals surface area contributed by atoms with Gasteiger partial charge in [0.15, 0.2) is 5.78 Å². The number of carbonyl (C=O) groups is 1. The molecule has 0 fully saturated rings. The lowest BCUT2D eigenvalue weighted by atomic mass is 10.0. The van der Waals surface area contributed by atoms with Gasteiger partial charge in [-0.15, -0.1) is 0 Å². The maximum Gasteiger partial charge on any atom is 0.209 e. The van der Waals surface area contributed by atoms with Crippen molar-refractivity contribution in [2.45, 2.75) is 6.92 Å². The number of hydrogen-bond donors (Lipinski definition) is 1. The molecule has 2 N–H and O–H groups in total. The van der Waals surface area contributed by atoms with Gasteiger partial charge in [0.05, 0.1) is 5.56 Å². The molecule has 0 unspecified atom stereocenters. The van der Waals surface area contributed by atoms with Crippen molar-refractivity contribution in [1.29, 1.82) is 5.26 Å². The highest BCUT2D eigenvalue weighted by Gasteiger charge is 2.22. The van der Waals surface area contributed by atoms with E-state index in [1.54, 1.807) is 12.1 Å². The molecule has 0 amide bonds. The molecule has 84 valence electrons. The number of ketones is 1. The minimum Gasteiger partial charge on any atom is -0.439 e. The minimum atomic E-state index is -0.235. The van der Waals surface area contributed by atoms with Crippen LogP contribution < -0.4 is 5.73 Å². The quantitative estimate of drug-likeness (QED) is 0.798. The maximum absolute atomic E-state index is 11.6. The van der Waals surface area contributed by atoms with Gasteiger partial charge in [-0.1, -0.05) is 30.3 Å². The Kier molecular flexibility index (Phi) is 2.67. The number of carbonyl (C=O) groups excluding carboxylic acids is 1. The van der Waals surface area contributed by atoms with Crippen LogP contribution in [0.5, 0.6) is 0 Å². The monoisotopic (exact) mass is 226 g/mol. The average Bonchev–Trinajstić information content (AvgIpc) is 2.67. The molecule has 0 spiro atoms. The summed E-state index contributed by atoms with van der Waals surface area (Å²) in [5, 5.41) is 8.97. The lowest BCUT2D eigenvalue weighted by Gasteiger charge is -1.98. The molecule has 17 heavy (non-hydrogen) atoms. The molecule has 4 nitrogen and oxygen atoms in total. The number of anilines is 1. The number of nitrogen functional groups attached to an aromatic ring is 1. The molecule has 1 heterocycles. The second kappa shape index (κ2) is 4.14. The van der Waals surface area contributed by atoms with Gasteiger partial charge in [-0.05, 0) is 6.92 Å². The van der Waals surface area contributed by atoms with Crippen LogP contribution in [0.15, 0.2) is 34.7 Å². The van der Waals surface area contributed by atoms with Gasteiger partial charge in [0, 0.05) is 5.56 Å². The summed E-state index contributed by atoms with van der Waals surface area (Å²) in [6.45, 7) is 1.39. The fourth-order valence-corrected chi connectivity index (χ4v) is 1.69. The van der Waals surface area contributed by atoms with E-state index in [4.69, 9.17) is 15.4 Å². The molecule has 1 aromatic carbocycles. The largest absolute Gasteiger partial charge is 0.439 e. The van der Waals surface area contributed by atoms with Crippen molar-refractivity contribution in [2.24, 2.45) is 0 Å². The van der Waals surface area contributed by atoms with Crippen LogP contribution in [-0.4, -0.2) is 5.78 Å². The van der Waals surface area contributed by atoms with Crippen LogP contribution >= 0.6 is 0 Å². The van der Waals surface area contributed by atoms with Crippen molar-refractivity contribution in [2.75, 3.05) is 5.73 Å². The molecule has 4 heteroatoms. The summed E-state index contributed by atoms with van der Waals surface area (Å²) in [6, 6.07) is 11.0. The van der Waals surface area contributed by atoms with Crippen LogP contribution in [0.25, 0.3) is 11.3 Å². The first kappa shape index (κ1) is 11.0. The zero-order valence-electron chi connectivity index (χ0n) is 9.23. The van der Waals surface area contributed by atoms with E-state index in [0.29, 0.717) is 5.76 Å². The molecule has 0 saturated carbocycles. The second-order valence-electron chi connectivity index (χ2n) is 3.58. The van der Waals surface area contributed by atoms with Gasteiger partial charge in [0.25, 0.3) is 0 Å². The number of rotatable bonds is 2. The Hall–Kier alpha value is -2.54. The highest BCUT2D eigenvalue weighted by molar-refractivity contribution is 6.03. The van der Waals surface area contributed by atoms with Crippen LogP contribution in [0.2, 0.25) is 0 Å². The van der Waals surface area contributed by atoms with Crippen molar-refractivity contribution in [3.8, 4) is 17.4 Å². The summed E-state index contributed by atoms with van der Waals surface area (Å²) in [4.78, 5) is 11.6. The van der Waals surface area contributed by atoms with Gasteiger partial charge in [0.1, 0.15) is 17.4 Å². The fraction of sp³-hybridized carbons (Fsp3) is 0.0769. The van der Waals surface area contributed by atoms with Crippen molar-refractivity contribution in [1.82, 2.24) is 0 Å². The molecule has 0 saturated heterocycles. The number of nitrogens with two attached hydrogens (primary N) is 1. The highest BCUT2D eigenvalue weighted by atomic mass is 16.4. The third kappa shape index (κ3) is 1.79. The maximum atomic E-state index is 11.6. The number of nitrogens with zero attached hydrogens (tertiary/aromatic N) is 1. The SMILES string of the molecule is CC(=O)c1c(-c2ccccc2)oc(N)c1C#N. The zero-order valence-corrected chi connectivity index (χ0v) is 9.23. The Balaban J connectivity index is 2.72. The van der Waals surface area contributed by atoms with E-state index in [2.05, 4.69) is 0 Å². The second-order valence-corrected chi connectivity index (χ2v) is 3.58. The summed E-state index contributed by atoms with van der Waals surface area (Å²) in [5.74, 6) is 0.101. The van der Waals surface area contributed by atoms with Gasteiger partial charge >= 0.3 is 0 Å². The third-order valence-electron chi connectivity index (χ3n) is 2.44. The van der Waals surface area contributed by atoms with Gasteiger partial charge in [-0.3, -0.25) is 4.79 Å². The van der Waals surface area contributed by atoms with Gasteiger partial charge in [-0.2, -0.15) is 5.26 Å². The molecule has 0 aliphatic heterocycles. The van der Waals surface area contributed by atoms with E-state index in [0.717, 1.165) is 5.56 Å². The number of benzene rings is 1. The first-order valence-electron chi connectivity index (χ1n) is 5.04. The molecule has 2 rings (SSSR count). The minimum absolute atomic E-state index is 0.0171. The highest BCUT2D eigenvalue weighted by Crippen LogP contribution is 2.32. The third-order valence-corrected chi connectivity index (χ3v) is 2.44. The molecular formula is C13H10N2O2. The Morgan fingerprint density at radius 2 is 2.00 bits per heavy atom. The van der Waals surface area contributed by atoms with Crippen LogP contribution in [0, 0.1) is 11.3 Å². The molecule has 0 radical (unpaired) electrons. The Morgan fingerprint density at radius 3 is 2.53 bits per heavy atom. The van der Waals surface area contributed by atoms with Crippen LogP contribution in [0.3, 0.4) is 0 Å². The first-order chi connectivity index (χ1) is 8.15. The van der Waals surface area contributed by atoms with Crippen molar-refractivity contribution in [3.63, 3.8) is 0 Å². The zero-order chi connectivity index (χ0) is 12.4. The van der Waals surface area contributed by atoms with Crippen molar-refractivity contribution in [3.05, 3.63) is 41.5 Å².